The van der Waals surface area contributed by atoms with Gasteiger partial charge in [0.15, 0.2) is 6.10 Å². The molecule has 1 saturated carbocycles. The maximum absolute atomic E-state index is 12.8. The van der Waals surface area contributed by atoms with Gasteiger partial charge in [0.25, 0.3) is 5.91 Å². The minimum Gasteiger partial charge on any atom is -0.490 e. The second-order valence-corrected chi connectivity index (χ2v) is 6.32. The SMILES string of the molecule is O=C(O)[C@@H]1CN(C(=O)c2ccccc2OC2CCCCC2)CCO1. The van der Waals surface area contributed by atoms with E-state index in [0.29, 0.717) is 17.9 Å². The first-order valence-corrected chi connectivity index (χ1v) is 8.54. The summed E-state index contributed by atoms with van der Waals surface area (Å²) in [5, 5.41) is 9.09. The van der Waals surface area contributed by atoms with Crippen molar-refractivity contribution in [3.63, 3.8) is 0 Å². The number of carbonyl (C=O) groups excluding carboxylic acids is 1. The third-order valence-electron chi connectivity index (χ3n) is 4.59. The van der Waals surface area contributed by atoms with Crippen LogP contribution >= 0.6 is 0 Å². The summed E-state index contributed by atoms with van der Waals surface area (Å²) >= 11 is 0. The maximum Gasteiger partial charge on any atom is 0.334 e. The molecule has 1 aliphatic carbocycles. The van der Waals surface area contributed by atoms with E-state index in [-0.39, 0.29) is 25.2 Å². The minimum atomic E-state index is -1.04. The van der Waals surface area contributed by atoms with E-state index in [4.69, 9.17) is 14.6 Å². The molecule has 0 radical (unpaired) electrons. The molecule has 130 valence electrons. The number of morpholine rings is 1. The predicted molar refractivity (Wildman–Crippen MR) is 87.2 cm³/mol. The average molecular weight is 333 g/mol. The van der Waals surface area contributed by atoms with E-state index in [1.807, 2.05) is 12.1 Å². The van der Waals surface area contributed by atoms with E-state index in [9.17, 15) is 9.59 Å². The van der Waals surface area contributed by atoms with Gasteiger partial charge in [0.2, 0.25) is 0 Å². The lowest BCUT2D eigenvalue weighted by atomic mass is 9.97. The lowest BCUT2D eigenvalue weighted by Gasteiger charge is -2.31. The fraction of sp³-hybridized carbons (Fsp3) is 0.556. The van der Waals surface area contributed by atoms with Crippen LogP contribution in [0.5, 0.6) is 5.75 Å². The highest BCUT2D eigenvalue weighted by Crippen LogP contribution is 2.27. The lowest BCUT2D eigenvalue weighted by molar-refractivity contribution is -0.154. The molecule has 1 atom stereocenters. The highest BCUT2D eigenvalue weighted by molar-refractivity contribution is 5.97. The summed E-state index contributed by atoms with van der Waals surface area (Å²) in [5.41, 5.74) is 0.495. The Labute approximate surface area is 141 Å². The molecule has 0 aromatic heterocycles. The van der Waals surface area contributed by atoms with Crippen molar-refractivity contribution >= 4 is 11.9 Å². The maximum atomic E-state index is 12.8. The summed E-state index contributed by atoms with van der Waals surface area (Å²) in [7, 11) is 0. The van der Waals surface area contributed by atoms with Crippen molar-refractivity contribution in [2.24, 2.45) is 0 Å². The zero-order chi connectivity index (χ0) is 16.9. The standard InChI is InChI=1S/C18H23NO5/c20-17(19-10-11-23-16(12-19)18(21)22)14-8-4-5-9-15(14)24-13-6-2-1-3-7-13/h4-5,8-9,13,16H,1-3,6-7,10-12H2,(H,21,22)/t16-/m0/s1. The highest BCUT2D eigenvalue weighted by atomic mass is 16.5. The van der Waals surface area contributed by atoms with Crippen LogP contribution in [0.4, 0.5) is 0 Å². The number of hydrogen-bond acceptors (Lipinski definition) is 4. The molecular formula is C18H23NO5. The Morgan fingerprint density at radius 2 is 1.92 bits per heavy atom. The Bertz CT molecular complexity index is 597. The number of aliphatic carboxylic acids is 1. The van der Waals surface area contributed by atoms with Crippen molar-refractivity contribution in [2.45, 2.75) is 44.3 Å². The number of rotatable bonds is 4. The number of hydrogen-bond donors (Lipinski definition) is 1. The third-order valence-corrected chi connectivity index (χ3v) is 4.59. The number of carboxylic acid groups (broad SMARTS) is 1. The molecule has 6 nitrogen and oxygen atoms in total. The summed E-state index contributed by atoms with van der Waals surface area (Å²) in [6, 6.07) is 7.22. The Kier molecular flexibility index (Phi) is 5.35. The molecule has 1 aliphatic heterocycles. The molecule has 24 heavy (non-hydrogen) atoms. The van der Waals surface area contributed by atoms with Crippen LogP contribution in [-0.4, -0.2) is 53.8 Å². The minimum absolute atomic E-state index is 0.0614. The van der Waals surface area contributed by atoms with Gasteiger partial charge >= 0.3 is 5.97 Å². The van der Waals surface area contributed by atoms with Gasteiger partial charge in [-0.15, -0.1) is 0 Å². The second kappa shape index (κ2) is 7.66. The highest BCUT2D eigenvalue weighted by Gasteiger charge is 2.30. The van der Waals surface area contributed by atoms with Crippen LogP contribution in [0.2, 0.25) is 0 Å². The molecule has 1 saturated heterocycles. The molecule has 3 rings (SSSR count). The van der Waals surface area contributed by atoms with Gasteiger partial charge < -0.3 is 19.5 Å². The zero-order valence-corrected chi connectivity index (χ0v) is 13.6. The van der Waals surface area contributed by atoms with Crippen molar-refractivity contribution in [2.75, 3.05) is 19.7 Å². The fourth-order valence-corrected chi connectivity index (χ4v) is 3.26. The smallest absolute Gasteiger partial charge is 0.334 e. The van der Waals surface area contributed by atoms with E-state index in [0.717, 1.165) is 25.7 Å². The van der Waals surface area contributed by atoms with E-state index < -0.39 is 12.1 Å². The Balaban J connectivity index is 1.73. The van der Waals surface area contributed by atoms with Gasteiger partial charge in [-0.1, -0.05) is 18.6 Å². The molecule has 1 aromatic carbocycles. The van der Waals surface area contributed by atoms with E-state index in [1.165, 1.54) is 11.3 Å². The number of para-hydroxylation sites is 1. The molecular weight excluding hydrogens is 310 g/mol. The van der Waals surface area contributed by atoms with E-state index >= 15 is 0 Å². The van der Waals surface area contributed by atoms with Crippen LogP contribution in [-0.2, 0) is 9.53 Å². The molecule has 1 amide bonds. The molecule has 0 bridgehead atoms. The number of nitrogens with zero attached hydrogens (tertiary/aromatic N) is 1. The quantitative estimate of drug-likeness (QED) is 0.915. The molecule has 0 spiro atoms. The van der Waals surface area contributed by atoms with Crippen LogP contribution < -0.4 is 4.74 Å². The topological polar surface area (TPSA) is 76.1 Å². The van der Waals surface area contributed by atoms with Crippen molar-refractivity contribution in [3.05, 3.63) is 29.8 Å². The number of amides is 1. The third kappa shape index (κ3) is 3.87. The number of carbonyl (C=O) groups is 2. The normalized spacial score (nSPS) is 22.2. The molecule has 1 heterocycles. The number of carboxylic acids is 1. The number of ether oxygens (including phenoxy) is 2. The van der Waals surface area contributed by atoms with Gasteiger partial charge in [0, 0.05) is 6.54 Å². The largest absolute Gasteiger partial charge is 0.490 e. The zero-order valence-electron chi connectivity index (χ0n) is 13.6. The molecule has 2 fully saturated rings. The molecule has 2 aliphatic rings. The first-order valence-electron chi connectivity index (χ1n) is 8.54. The first kappa shape index (κ1) is 16.8. The van der Waals surface area contributed by atoms with Gasteiger partial charge in [-0.05, 0) is 37.8 Å². The molecule has 1 aromatic rings. The van der Waals surface area contributed by atoms with Crippen molar-refractivity contribution in [1.82, 2.24) is 4.90 Å². The van der Waals surface area contributed by atoms with Crippen LogP contribution in [0, 0.1) is 0 Å². The summed E-state index contributed by atoms with van der Waals surface area (Å²) in [6.45, 7) is 0.681. The summed E-state index contributed by atoms with van der Waals surface area (Å²) in [5.74, 6) is -0.650. The lowest BCUT2D eigenvalue weighted by Crippen LogP contribution is -2.48. The fourth-order valence-electron chi connectivity index (χ4n) is 3.26. The van der Waals surface area contributed by atoms with Gasteiger partial charge in [-0.25, -0.2) is 4.79 Å². The second-order valence-electron chi connectivity index (χ2n) is 6.32. The Morgan fingerprint density at radius 1 is 1.17 bits per heavy atom. The van der Waals surface area contributed by atoms with Crippen molar-refractivity contribution < 1.29 is 24.2 Å². The summed E-state index contributed by atoms with van der Waals surface area (Å²) in [4.78, 5) is 25.5. The number of benzene rings is 1. The molecule has 6 heteroatoms. The van der Waals surface area contributed by atoms with Gasteiger partial charge in [0.1, 0.15) is 5.75 Å². The predicted octanol–water partition coefficient (Wildman–Crippen LogP) is 2.32. The van der Waals surface area contributed by atoms with Crippen LogP contribution in [0.1, 0.15) is 42.5 Å². The summed E-state index contributed by atoms with van der Waals surface area (Å²) < 4.78 is 11.3. The van der Waals surface area contributed by atoms with Gasteiger partial charge in [-0.3, -0.25) is 4.79 Å². The van der Waals surface area contributed by atoms with Gasteiger partial charge in [-0.2, -0.15) is 0 Å². The van der Waals surface area contributed by atoms with Crippen molar-refractivity contribution in [1.29, 1.82) is 0 Å². The average Bonchev–Trinajstić information content (AvgIpc) is 2.62. The Hall–Kier alpha value is -2.08. The first-order chi connectivity index (χ1) is 11.6. The summed E-state index contributed by atoms with van der Waals surface area (Å²) in [6.07, 6.45) is 4.78. The Morgan fingerprint density at radius 3 is 2.67 bits per heavy atom. The van der Waals surface area contributed by atoms with Crippen LogP contribution in [0.15, 0.2) is 24.3 Å². The van der Waals surface area contributed by atoms with E-state index in [1.54, 1.807) is 12.1 Å². The molecule has 0 unspecified atom stereocenters. The van der Waals surface area contributed by atoms with E-state index in [2.05, 4.69) is 0 Å². The van der Waals surface area contributed by atoms with Crippen molar-refractivity contribution in [3.8, 4) is 5.75 Å². The van der Waals surface area contributed by atoms with Crippen LogP contribution in [0.3, 0.4) is 0 Å². The molecule has 1 N–H and O–H groups in total. The monoisotopic (exact) mass is 333 g/mol. The van der Waals surface area contributed by atoms with Gasteiger partial charge in [0.05, 0.1) is 24.8 Å². The van der Waals surface area contributed by atoms with Crippen LogP contribution in [0.25, 0.3) is 0 Å².